The van der Waals surface area contributed by atoms with Gasteiger partial charge in [0.15, 0.2) is 0 Å². The Hall–Kier alpha value is -0.840. The molecule has 108 valence electrons. The van der Waals surface area contributed by atoms with Gasteiger partial charge < -0.3 is 11.1 Å². The summed E-state index contributed by atoms with van der Waals surface area (Å²) >= 11 is 0. The zero-order valence-corrected chi connectivity index (χ0v) is 12.4. The van der Waals surface area contributed by atoms with Crippen LogP contribution in [0.3, 0.4) is 0 Å². The average molecular weight is 306 g/mol. The number of nitrogens with zero attached hydrogens (tertiary/aromatic N) is 1. The molecule has 1 aromatic heterocycles. The van der Waals surface area contributed by atoms with Gasteiger partial charge in [-0.1, -0.05) is 25.3 Å². The van der Waals surface area contributed by atoms with Gasteiger partial charge in [-0.3, -0.25) is 9.78 Å². The van der Waals surface area contributed by atoms with Gasteiger partial charge in [-0.15, -0.1) is 24.8 Å². The van der Waals surface area contributed by atoms with Crippen LogP contribution >= 0.6 is 24.8 Å². The lowest BCUT2D eigenvalue weighted by atomic mass is 9.82. The molecule has 4 nitrogen and oxygen atoms in total. The third-order valence-corrected chi connectivity index (χ3v) is 3.35. The predicted octanol–water partition coefficient (Wildman–Crippen LogP) is 2.32. The van der Waals surface area contributed by atoms with Gasteiger partial charge in [-0.05, 0) is 25.0 Å². The Bertz CT molecular complexity index is 381. The van der Waals surface area contributed by atoms with E-state index in [1.165, 1.54) is 6.42 Å². The molecule has 3 N–H and O–H groups in total. The molecule has 1 aromatic rings. The fourth-order valence-corrected chi connectivity index (χ4v) is 2.28. The van der Waals surface area contributed by atoms with E-state index in [4.69, 9.17) is 5.73 Å². The average Bonchev–Trinajstić information content (AvgIpc) is 2.38. The van der Waals surface area contributed by atoms with Crippen LogP contribution in [0.15, 0.2) is 24.4 Å². The van der Waals surface area contributed by atoms with Crippen molar-refractivity contribution in [1.29, 1.82) is 0 Å². The summed E-state index contributed by atoms with van der Waals surface area (Å²) in [6.45, 7) is 0.544. The molecule has 6 heteroatoms. The van der Waals surface area contributed by atoms with Crippen LogP contribution in [-0.4, -0.2) is 23.0 Å². The first kappa shape index (κ1) is 18.2. The number of rotatable bonds is 3. The minimum Gasteiger partial charge on any atom is -0.349 e. The normalized spacial score (nSPS) is 16.7. The summed E-state index contributed by atoms with van der Waals surface area (Å²) in [5.41, 5.74) is 6.48. The van der Waals surface area contributed by atoms with Crippen LogP contribution in [0.25, 0.3) is 0 Å². The van der Waals surface area contributed by atoms with E-state index in [1.54, 1.807) is 24.4 Å². The number of nitrogens with one attached hydrogen (secondary N) is 1. The van der Waals surface area contributed by atoms with Gasteiger partial charge in [0.25, 0.3) is 5.91 Å². The van der Waals surface area contributed by atoms with Crippen molar-refractivity contribution in [1.82, 2.24) is 10.3 Å². The standard InChI is InChI=1S/C13H19N3O.2ClH/c14-13(7-3-1-4-8-13)10-16-12(17)11-6-2-5-9-15-11;;/h2,5-6,9H,1,3-4,7-8,10,14H2,(H,16,17);2*1H. The number of amides is 1. The molecular formula is C13H21Cl2N3O. The van der Waals surface area contributed by atoms with Crippen molar-refractivity contribution in [3.05, 3.63) is 30.1 Å². The molecule has 19 heavy (non-hydrogen) atoms. The van der Waals surface area contributed by atoms with E-state index in [2.05, 4.69) is 10.3 Å². The third kappa shape index (κ3) is 5.35. The summed E-state index contributed by atoms with van der Waals surface area (Å²) in [6.07, 6.45) is 7.19. The summed E-state index contributed by atoms with van der Waals surface area (Å²) in [6, 6.07) is 5.31. The van der Waals surface area contributed by atoms with Crippen molar-refractivity contribution < 1.29 is 4.79 Å². The Labute approximate surface area is 126 Å². The molecule has 1 amide bonds. The predicted molar refractivity (Wildman–Crippen MR) is 81.1 cm³/mol. The molecule has 0 bridgehead atoms. The Morgan fingerprint density at radius 2 is 1.95 bits per heavy atom. The van der Waals surface area contributed by atoms with Gasteiger partial charge >= 0.3 is 0 Å². The molecule has 0 atom stereocenters. The number of halogens is 2. The Morgan fingerprint density at radius 3 is 2.53 bits per heavy atom. The summed E-state index contributed by atoms with van der Waals surface area (Å²) in [4.78, 5) is 15.8. The molecule has 1 heterocycles. The lowest BCUT2D eigenvalue weighted by molar-refractivity contribution is 0.0932. The number of carbonyl (C=O) groups excluding carboxylic acids is 1. The van der Waals surface area contributed by atoms with E-state index in [9.17, 15) is 4.79 Å². The number of hydrogen-bond donors (Lipinski definition) is 2. The van der Waals surface area contributed by atoms with Crippen molar-refractivity contribution in [3.8, 4) is 0 Å². The quantitative estimate of drug-likeness (QED) is 0.900. The van der Waals surface area contributed by atoms with Crippen molar-refractivity contribution in [2.24, 2.45) is 5.73 Å². The number of nitrogens with two attached hydrogens (primary N) is 1. The molecule has 1 saturated carbocycles. The van der Waals surface area contributed by atoms with Crippen LogP contribution in [0, 0.1) is 0 Å². The van der Waals surface area contributed by atoms with Crippen LogP contribution in [0.1, 0.15) is 42.6 Å². The Morgan fingerprint density at radius 1 is 1.26 bits per heavy atom. The molecule has 0 spiro atoms. The molecule has 1 fully saturated rings. The highest BCUT2D eigenvalue weighted by molar-refractivity contribution is 5.92. The van der Waals surface area contributed by atoms with E-state index in [0.29, 0.717) is 12.2 Å². The minimum absolute atomic E-state index is 0. The lowest BCUT2D eigenvalue weighted by Crippen LogP contribution is -2.51. The molecule has 2 rings (SSSR count). The molecular weight excluding hydrogens is 285 g/mol. The second-order valence-electron chi connectivity index (χ2n) is 4.82. The van der Waals surface area contributed by atoms with Crippen LogP contribution in [0.2, 0.25) is 0 Å². The first-order valence-corrected chi connectivity index (χ1v) is 6.18. The van der Waals surface area contributed by atoms with Crippen molar-refractivity contribution in [2.45, 2.75) is 37.6 Å². The second-order valence-corrected chi connectivity index (χ2v) is 4.82. The molecule has 0 aliphatic heterocycles. The molecule has 1 aliphatic rings. The van der Waals surface area contributed by atoms with E-state index < -0.39 is 0 Å². The summed E-state index contributed by atoms with van der Waals surface area (Å²) in [7, 11) is 0. The fraction of sp³-hybridized carbons (Fsp3) is 0.538. The van der Waals surface area contributed by atoms with Gasteiger partial charge in [0.2, 0.25) is 0 Å². The molecule has 0 unspecified atom stereocenters. The number of hydrogen-bond acceptors (Lipinski definition) is 3. The largest absolute Gasteiger partial charge is 0.349 e. The zero-order chi connectivity index (χ0) is 12.1. The highest BCUT2D eigenvalue weighted by atomic mass is 35.5. The summed E-state index contributed by atoms with van der Waals surface area (Å²) in [5, 5.41) is 2.88. The SMILES string of the molecule is Cl.Cl.NC1(CNC(=O)c2ccccn2)CCCCC1. The van der Waals surface area contributed by atoms with Gasteiger partial charge in [0.1, 0.15) is 5.69 Å². The number of pyridine rings is 1. The van der Waals surface area contributed by atoms with Crippen molar-refractivity contribution in [2.75, 3.05) is 6.54 Å². The van der Waals surface area contributed by atoms with E-state index in [1.807, 2.05) is 0 Å². The maximum atomic E-state index is 11.8. The smallest absolute Gasteiger partial charge is 0.269 e. The van der Waals surface area contributed by atoms with E-state index in [0.717, 1.165) is 25.7 Å². The summed E-state index contributed by atoms with van der Waals surface area (Å²) < 4.78 is 0. The number of aromatic nitrogens is 1. The monoisotopic (exact) mass is 305 g/mol. The molecule has 0 aromatic carbocycles. The van der Waals surface area contributed by atoms with Gasteiger partial charge in [0.05, 0.1) is 0 Å². The first-order valence-electron chi connectivity index (χ1n) is 6.18. The van der Waals surface area contributed by atoms with Crippen LogP contribution in [0.5, 0.6) is 0 Å². The van der Waals surface area contributed by atoms with E-state index in [-0.39, 0.29) is 36.3 Å². The maximum absolute atomic E-state index is 11.8. The molecule has 0 radical (unpaired) electrons. The molecule has 1 aliphatic carbocycles. The zero-order valence-electron chi connectivity index (χ0n) is 10.8. The Kier molecular flexibility index (Phi) is 7.99. The summed E-state index contributed by atoms with van der Waals surface area (Å²) in [5.74, 6) is -0.138. The third-order valence-electron chi connectivity index (χ3n) is 3.35. The molecule has 0 saturated heterocycles. The minimum atomic E-state index is -0.220. The van der Waals surface area contributed by atoms with E-state index >= 15 is 0 Å². The number of carbonyl (C=O) groups is 1. The van der Waals surface area contributed by atoms with Gasteiger partial charge in [0, 0.05) is 18.3 Å². The van der Waals surface area contributed by atoms with Crippen molar-refractivity contribution >= 4 is 30.7 Å². The maximum Gasteiger partial charge on any atom is 0.269 e. The topological polar surface area (TPSA) is 68.0 Å². The lowest BCUT2D eigenvalue weighted by Gasteiger charge is -2.33. The Balaban J connectivity index is 0.00000162. The van der Waals surface area contributed by atoms with Crippen LogP contribution < -0.4 is 11.1 Å². The highest BCUT2D eigenvalue weighted by Crippen LogP contribution is 2.25. The highest BCUT2D eigenvalue weighted by Gasteiger charge is 2.27. The van der Waals surface area contributed by atoms with Gasteiger partial charge in [-0.2, -0.15) is 0 Å². The first-order chi connectivity index (χ1) is 8.20. The van der Waals surface area contributed by atoms with Crippen LogP contribution in [-0.2, 0) is 0 Å². The fourth-order valence-electron chi connectivity index (χ4n) is 2.28. The van der Waals surface area contributed by atoms with Crippen LogP contribution in [0.4, 0.5) is 0 Å². The van der Waals surface area contributed by atoms with Gasteiger partial charge in [-0.25, -0.2) is 0 Å². The second kappa shape index (κ2) is 8.35. The van der Waals surface area contributed by atoms with Crippen molar-refractivity contribution in [3.63, 3.8) is 0 Å².